The molecule has 0 aromatic rings. The summed E-state index contributed by atoms with van der Waals surface area (Å²) in [6.45, 7) is 8.19. The Bertz CT molecular complexity index is 348. The van der Waals surface area contributed by atoms with Crippen LogP contribution in [0, 0.1) is 0 Å². The van der Waals surface area contributed by atoms with Gasteiger partial charge in [0, 0.05) is 33.7 Å². The number of aliphatic hydroxyl groups excluding tert-OH is 2. The summed E-state index contributed by atoms with van der Waals surface area (Å²) >= 11 is 0. The van der Waals surface area contributed by atoms with Gasteiger partial charge in [0.1, 0.15) is 6.23 Å². The van der Waals surface area contributed by atoms with Gasteiger partial charge in [-0.25, -0.2) is 4.39 Å². The highest BCUT2D eigenvalue weighted by molar-refractivity contribution is 5.74. The molecular formula is C14H27FN2O4. The smallest absolute Gasteiger partial charge is 0.225 e. The van der Waals surface area contributed by atoms with E-state index in [0.717, 1.165) is 11.1 Å². The van der Waals surface area contributed by atoms with Crippen LogP contribution in [0.1, 0.15) is 27.2 Å². The van der Waals surface area contributed by atoms with Crippen LogP contribution < -0.4 is 5.32 Å². The van der Waals surface area contributed by atoms with Gasteiger partial charge in [-0.2, -0.15) is 0 Å². The summed E-state index contributed by atoms with van der Waals surface area (Å²) in [6, 6.07) is 0. The Morgan fingerprint density at radius 3 is 2.38 bits per heavy atom. The predicted molar refractivity (Wildman–Crippen MR) is 79.8 cm³/mol. The second-order valence-electron chi connectivity index (χ2n) is 3.89. The minimum atomic E-state index is -1.06. The molecule has 0 aromatic heterocycles. The van der Waals surface area contributed by atoms with Crippen molar-refractivity contribution in [1.82, 2.24) is 10.2 Å². The zero-order chi connectivity index (χ0) is 17.0. The van der Waals surface area contributed by atoms with E-state index in [4.69, 9.17) is 9.84 Å². The van der Waals surface area contributed by atoms with Crippen molar-refractivity contribution in [2.75, 3.05) is 20.8 Å². The van der Waals surface area contributed by atoms with Crippen molar-refractivity contribution in [2.45, 2.75) is 39.5 Å². The zero-order valence-electron chi connectivity index (χ0n) is 13.4. The molecule has 6 nitrogen and oxygen atoms in total. The molecule has 0 aliphatic heterocycles. The number of aliphatic hydroxyl groups is 2. The maximum absolute atomic E-state index is 13.7. The lowest BCUT2D eigenvalue weighted by Gasteiger charge is -2.28. The molecule has 3 N–H and O–H groups in total. The molecule has 21 heavy (non-hydrogen) atoms. The fourth-order valence-electron chi connectivity index (χ4n) is 1.33. The van der Waals surface area contributed by atoms with Gasteiger partial charge in [0.15, 0.2) is 5.83 Å². The summed E-state index contributed by atoms with van der Waals surface area (Å²) in [5.74, 6) is -1.19. The van der Waals surface area contributed by atoms with Crippen molar-refractivity contribution in [3.63, 3.8) is 0 Å². The van der Waals surface area contributed by atoms with Gasteiger partial charge in [-0.05, 0) is 0 Å². The topological polar surface area (TPSA) is 82.0 Å². The molecule has 7 heteroatoms. The largest absolute Gasteiger partial charge is 0.394 e. The van der Waals surface area contributed by atoms with Crippen molar-refractivity contribution in [3.05, 3.63) is 24.3 Å². The fraction of sp³-hybridized carbons (Fsp3) is 0.643. The van der Waals surface area contributed by atoms with E-state index in [1.807, 2.05) is 13.8 Å². The van der Waals surface area contributed by atoms with Gasteiger partial charge in [0.25, 0.3) is 0 Å². The van der Waals surface area contributed by atoms with Crippen molar-refractivity contribution < 1.29 is 24.1 Å². The maximum Gasteiger partial charge on any atom is 0.225 e. The van der Waals surface area contributed by atoms with Crippen LogP contribution in [0.15, 0.2) is 24.3 Å². The molecule has 2 atom stereocenters. The van der Waals surface area contributed by atoms with Gasteiger partial charge in [-0.3, -0.25) is 9.69 Å². The molecule has 0 radical (unpaired) electrons. The van der Waals surface area contributed by atoms with E-state index in [1.54, 1.807) is 0 Å². The molecule has 0 saturated carbocycles. The Kier molecular flexibility index (Phi) is 12.8. The molecule has 0 spiro atoms. The first kappa shape index (κ1) is 21.9. The number of likely N-dealkylation sites (N-methyl/N-ethyl adjacent to an activating group) is 1. The minimum Gasteiger partial charge on any atom is -0.394 e. The normalized spacial score (nSPS) is 13.6. The molecule has 0 rings (SSSR count). The third-order valence-corrected chi connectivity index (χ3v) is 2.47. The summed E-state index contributed by atoms with van der Waals surface area (Å²) in [6.07, 6.45) is -1.03. The highest BCUT2D eigenvalue weighted by Crippen LogP contribution is 2.14. The molecule has 0 aliphatic rings. The van der Waals surface area contributed by atoms with Crippen LogP contribution in [0.2, 0.25) is 0 Å². The first-order chi connectivity index (χ1) is 9.87. The highest BCUT2D eigenvalue weighted by Gasteiger charge is 2.23. The van der Waals surface area contributed by atoms with Crippen LogP contribution in [-0.2, 0) is 9.53 Å². The number of allylic oxidation sites excluding steroid dienone is 1. The second kappa shape index (κ2) is 12.3. The number of nitrogens with zero attached hydrogens (tertiary/aromatic N) is 1. The molecule has 0 saturated heterocycles. The fourth-order valence-corrected chi connectivity index (χ4v) is 1.33. The van der Waals surface area contributed by atoms with E-state index < -0.39 is 30.7 Å². The van der Waals surface area contributed by atoms with Gasteiger partial charge < -0.3 is 20.3 Å². The summed E-state index contributed by atoms with van der Waals surface area (Å²) in [5.41, 5.74) is 0.0174. The molecular weight excluding hydrogens is 279 g/mol. The second-order valence-corrected chi connectivity index (χ2v) is 3.89. The van der Waals surface area contributed by atoms with Crippen LogP contribution in [0.3, 0.4) is 0 Å². The van der Waals surface area contributed by atoms with Crippen LogP contribution in [-0.4, -0.2) is 54.1 Å². The Labute approximate surface area is 125 Å². The Hall–Kier alpha value is -1.44. The van der Waals surface area contributed by atoms with E-state index in [2.05, 4.69) is 11.9 Å². The average Bonchev–Trinajstić information content (AvgIpc) is 2.50. The monoisotopic (exact) mass is 306 g/mol. The third kappa shape index (κ3) is 8.44. The van der Waals surface area contributed by atoms with Crippen molar-refractivity contribution in [1.29, 1.82) is 0 Å². The Morgan fingerprint density at radius 1 is 1.52 bits per heavy atom. The molecule has 0 aliphatic carbocycles. The first-order valence-corrected chi connectivity index (χ1v) is 6.72. The summed E-state index contributed by atoms with van der Waals surface area (Å²) in [7, 11) is 2.82. The lowest BCUT2D eigenvalue weighted by atomic mass is 10.2. The van der Waals surface area contributed by atoms with Gasteiger partial charge in [-0.1, -0.05) is 20.4 Å². The van der Waals surface area contributed by atoms with Gasteiger partial charge in [0.05, 0.1) is 18.4 Å². The molecule has 1 amide bonds. The molecule has 0 fully saturated rings. The van der Waals surface area contributed by atoms with Crippen LogP contribution in [0.5, 0.6) is 0 Å². The number of methoxy groups -OCH3 is 1. The number of hydrogen-bond acceptors (Lipinski definition) is 5. The first-order valence-electron chi connectivity index (χ1n) is 6.72. The summed E-state index contributed by atoms with van der Waals surface area (Å²) in [4.78, 5) is 12.5. The van der Waals surface area contributed by atoms with Gasteiger partial charge >= 0.3 is 0 Å². The number of carbonyl (C=O) groups is 1. The van der Waals surface area contributed by atoms with Crippen LogP contribution in [0.4, 0.5) is 4.39 Å². The SMILES string of the molecule is C=C(NC)/C(F)=C\N(C(C)=O)C(CC(O)CO)OC.CC. The molecule has 0 heterocycles. The average molecular weight is 306 g/mol. The number of hydrogen-bond donors (Lipinski definition) is 3. The molecule has 2 unspecified atom stereocenters. The number of halogens is 1. The minimum absolute atomic E-state index is 0.0174. The zero-order valence-corrected chi connectivity index (χ0v) is 13.4. The van der Waals surface area contributed by atoms with Crippen molar-refractivity contribution in [3.8, 4) is 0 Å². The predicted octanol–water partition coefficient (Wildman–Crippen LogP) is 1.12. The van der Waals surface area contributed by atoms with Crippen molar-refractivity contribution in [2.24, 2.45) is 0 Å². The van der Waals surface area contributed by atoms with Gasteiger partial charge in [0.2, 0.25) is 5.91 Å². The molecule has 124 valence electrons. The lowest BCUT2D eigenvalue weighted by Crippen LogP contribution is -2.39. The molecule has 0 aromatic carbocycles. The van der Waals surface area contributed by atoms with Crippen LogP contribution >= 0.6 is 0 Å². The lowest BCUT2D eigenvalue weighted by molar-refractivity contribution is -0.138. The number of rotatable bonds is 8. The number of carbonyl (C=O) groups excluding carboxylic acids is 1. The molecule has 0 bridgehead atoms. The summed E-state index contributed by atoms with van der Waals surface area (Å²) in [5, 5.41) is 20.7. The number of nitrogens with one attached hydrogen (secondary N) is 1. The van der Waals surface area contributed by atoms with E-state index in [9.17, 15) is 14.3 Å². The summed E-state index contributed by atoms with van der Waals surface area (Å²) < 4.78 is 18.7. The van der Waals surface area contributed by atoms with Crippen molar-refractivity contribution >= 4 is 5.91 Å². The van der Waals surface area contributed by atoms with E-state index in [0.29, 0.717) is 0 Å². The number of amides is 1. The van der Waals surface area contributed by atoms with Crippen LogP contribution in [0.25, 0.3) is 0 Å². The Balaban J connectivity index is 0. The van der Waals surface area contributed by atoms with E-state index in [1.165, 1.54) is 21.1 Å². The maximum atomic E-state index is 13.7. The number of ether oxygens (including phenoxy) is 1. The standard InChI is InChI=1S/C12H21FN2O4.C2H6/c1-8(14-3)11(13)6-15(9(2)17)12(19-4)5-10(18)7-16;1-2/h6,10,12,14,16,18H,1,5,7H2,2-4H3;1-2H3/b11-6+;. The van der Waals surface area contributed by atoms with E-state index >= 15 is 0 Å². The quantitative estimate of drug-likeness (QED) is 0.462. The van der Waals surface area contributed by atoms with E-state index in [-0.39, 0.29) is 12.1 Å². The Morgan fingerprint density at radius 2 is 2.05 bits per heavy atom. The van der Waals surface area contributed by atoms with Gasteiger partial charge in [-0.15, -0.1) is 0 Å². The third-order valence-electron chi connectivity index (χ3n) is 2.47. The highest BCUT2D eigenvalue weighted by atomic mass is 19.1.